The number of rotatable bonds is 2. The van der Waals surface area contributed by atoms with Gasteiger partial charge in [-0.15, -0.1) is 0 Å². The van der Waals surface area contributed by atoms with Crippen LogP contribution in [0.25, 0.3) is 11.1 Å². The molecule has 156 valence electrons. The topological polar surface area (TPSA) is 18.5 Å². The Hall–Kier alpha value is -3.08. The molecule has 2 heterocycles. The molecule has 0 bridgehead atoms. The molecule has 0 radical (unpaired) electrons. The summed E-state index contributed by atoms with van der Waals surface area (Å²) in [5.41, 5.74) is 7.41. The minimum Gasteiger partial charge on any atom is -0.497 e. The van der Waals surface area contributed by atoms with E-state index in [0.717, 1.165) is 11.5 Å². The smallest absolute Gasteiger partial charge is 0.119 e. The molecule has 4 aromatic carbocycles. The molecule has 0 saturated carbocycles. The van der Waals surface area contributed by atoms with Gasteiger partial charge in [-0.2, -0.15) is 0 Å². The Balaban J connectivity index is 1.78. The molecule has 0 unspecified atom stereocenters. The van der Waals surface area contributed by atoms with Crippen LogP contribution < -0.4 is 9.47 Å². The van der Waals surface area contributed by atoms with Crippen LogP contribution in [0.5, 0.6) is 11.5 Å². The predicted octanol–water partition coefficient (Wildman–Crippen LogP) is 7.64. The fourth-order valence-corrected chi connectivity index (χ4v) is 6.57. The standard InChI is InChI=1S/C28H20O2S2/c1-29-17-11-13-25-21(15-17)27(19-7-3-5-9-23(19)31-25)28-20-8-4-6-10-24(20)32-26-14-12-18(30-2)16-22(26)28/h3-16H,1-2H3/b28-27+. The molecule has 0 aromatic heterocycles. The summed E-state index contributed by atoms with van der Waals surface area (Å²) in [6, 6.07) is 30.2. The summed E-state index contributed by atoms with van der Waals surface area (Å²) < 4.78 is 11.2. The number of ether oxygens (including phenoxy) is 2. The minimum absolute atomic E-state index is 0.867. The van der Waals surface area contributed by atoms with Crippen LogP contribution in [0.2, 0.25) is 0 Å². The Labute approximate surface area is 196 Å². The Kier molecular flexibility index (Phi) is 4.78. The highest BCUT2D eigenvalue weighted by atomic mass is 32.2. The maximum atomic E-state index is 5.62. The van der Waals surface area contributed by atoms with E-state index in [1.165, 1.54) is 53.0 Å². The van der Waals surface area contributed by atoms with Crippen molar-refractivity contribution in [3.05, 3.63) is 107 Å². The average Bonchev–Trinajstić information content (AvgIpc) is 2.85. The number of hydrogen-bond donors (Lipinski definition) is 0. The Morgan fingerprint density at radius 1 is 0.469 bits per heavy atom. The lowest BCUT2D eigenvalue weighted by Gasteiger charge is -2.30. The van der Waals surface area contributed by atoms with Crippen molar-refractivity contribution in [1.29, 1.82) is 0 Å². The highest BCUT2D eigenvalue weighted by Gasteiger charge is 2.30. The monoisotopic (exact) mass is 452 g/mol. The average molecular weight is 453 g/mol. The van der Waals surface area contributed by atoms with E-state index >= 15 is 0 Å². The van der Waals surface area contributed by atoms with Crippen molar-refractivity contribution in [2.24, 2.45) is 0 Å². The Bertz CT molecular complexity index is 1300. The summed E-state index contributed by atoms with van der Waals surface area (Å²) in [6.45, 7) is 0. The maximum absolute atomic E-state index is 5.62. The van der Waals surface area contributed by atoms with Gasteiger partial charge in [0.2, 0.25) is 0 Å². The second-order valence-electron chi connectivity index (χ2n) is 7.67. The maximum Gasteiger partial charge on any atom is 0.119 e. The summed E-state index contributed by atoms with van der Waals surface area (Å²) in [4.78, 5) is 5.03. The zero-order valence-electron chi connectivity index (χ0n) is 17.7. The van der Waals surface area contributed by atoms with Crippen LogP contribution in [0.3, 0.4) is 0 Å². The second kappa shape index (κ2) is 7.80. The molecule has 0 atom stereocenters. The van der Waals surface area contributed by atoms with E-state index in [4.69, 9.17) is 9.47 Å². The van der Waals surface area contributed by atoms with E-state index in [1.807, 2.05) is 35.7 Å². The van der Waals surface area contributed by atoms with E-state index in [0.29, 0.717) is 0 Å². The van der Waals surface area contributed by atoms with Gasteiger partial charge in [0.05, 0.1) is 14.2 Å². The molecular weight excluding hydrogens is 432 g/mol. The predicted molar refractivity (Wildman–Crippen MR) is 132 cm³/mol. The zero-order valence-corrected chi connectivity index (χ0v) is 19.3. The van der Waals surface area contributed by atoms with Crippen LogP contribution in [-0.2, 0) is 0 Å². The van der Waals surface area contributed by atoms with Crippen LogP contribution in [0, 0.1) is 0 Å². The molecule has 0 saturated heterocycles. The zero-order chi connectivity index (χ0) is 21.7. The number of benzene rings is 4. The van der Waals surface area contributed by atoms with Crippen molar-refractivity contribution < 1.29 is 9.47 Å². The SMILES string of the molecule is COc1ccc2c(c1)/C(=C1\c3ccccc3Sc3ccc(OC)cc31)c1ccccc1S2. The summed E-state index contributed by atoms with van der Waals surface area (Å²) >= 11 is 3.64. The minimum atomic E-state index is 0.867. The largest absolute Gasteiger partial charge is 0.497 e. The Morgan fingerprint density at radius 3 is 1.31 bits per heavy atom. The highest BCUT2D eigenvalue weighted by molar-refractivity contribution is 8.00. The van der Waals surface area contributed by atoms with Crippen LogP contribution in [-0.4, -0.2) is 14.2 Å². The fraction of sp³-hybridized carbons (Fsp3) is 0.0714. The van der Waals surface area contributed by atoms with Crippen LogP contribution in [0.15, 0.2) is 105 Å². The molecule has 0 fully saturated rings. The van der Waals surface area contributed by atoms with Gasteiger partial charge in [-0.25, -0.2) is 0 Å². The van der Waals surface area contributed by atoms with Crippen molar-refractivity contribution in [2.45, 2.75) is 19.6 Å². The van der Waals surface area contributed by atoms with Crippen LogP contribution in [0.1, 0.15) is 22.3 Å². The lowest BCUT2D eigenvalue weighted by atomic mass is 9.85. The van der Waals surface area contributed by atoms with Gasteiger partial charge in [0, 0.05) is 30.7 Å². The van der Waals surface area contributed by atoms with E-state index < -0.39 is 0 Å². The molecule has 0 spiro atoms. The summed E-state index contributed by atoms with van der Waals surface area (Å²) in [7, 11) is 3.45. The van der Waals surface area contributed by atoms with E-state index in [2.05, 4.69) is 72.8 Å². The third-order valence-corrected chi connectivity index (χ3v) is 8.22. The van der Waals surface area contributed by atoms with Crippen LogP contribution >= 0.6 is 23.5 Å². The molecule has 2 aliphatic heterocycles. The third-order valence-electron chi connectivity index (χ3n) is 5.91. The normalized spacial score (nSPS) is 15.8. The van der Waals surface area contributed by atoms with E-state index in [1.54, 1.807) is 14.2 Å². The van der Waals surface area contributed by atoms with Gasteiger partial charge < -0.3 is 9.47 Å². The lowest BCUT2D eigenvalue weighted by Crippen LogP contribution is -2.07. The van der Waals surface area contributed by atoms with E-state index in [9.17, 15) is 0 Å². The third kappa shape index (κ3) is 3.06. The van der Waals surface area contributed by atoms with Gasteiger partial charge in [0.15, 0.2) is 0 Å². The Morgan fingerprint density at radius 2 is 0.875 bits per heavy atom. The van der Waals surface area contributed by atoms with Crippen LogP contribution in [0.4, 0.5) is 0 Å². The number of hydrogen-bond acceptors (Lipinski definition) is 4. The summed E-state index contributed by atoms with van der Waals surface area (Å²) in [6.07, 6.45) is 0. The first kappa shape index (κ1) is 19.6. The fourth-order valence-electron chi connectivity index (χ4n) is 4.43. The molecule has 4 heteroatoms. The molecule has 6 rings (SSSR count). The molecular formula is C28H20O2S2. The van der Waals surface area contributed by atoms with Crippen molar-refractivity contribution >= 4 is 34.7 Å². The van der Waals surface area contributed by atoms with Crippen molar-refractivity contribution in [1.82, 2.24) is 0 Å². The molecule has 32 heavy (non-hydrogen) atoms. The van der Waals surface area contributed by atoms with Gasteiger partial charge >= 0.3 is 0 Å². The molecule has 0 aliphatic carbocycles. The van der Waals surface area contributed by atoms with Crippen molar-refractivity contribution in [2.75, 3.05) is 14.2 Å². The number of fused-ring (bicyclic) bond motifs is 4. The van der Waals surface area contributed by atoms with E-state index in [-0.39, 0.29) is 0 Å². The molecule has 2 nitrogen and oxygen atoms in total. The van der Waals surface area contributed by atoms with Gasteiger partial charge in [0.25, 0.3) is 0 Å². The van der Waals surface area contributed by atoms with Gasteiger partial charge in [0.1, 0.15) is 11.5 Å². The summed E-state index contributed by atoms with van der Waals surface area (Å²) in [5, 5.41) is 0. The second-order valence-corrected chi connectivity index (χ2v) is 9.84. The first-order valence-electron chi connectivity index (χ1n) is 10.4. The molecule has 0 amide bonds. The first-order chi connectivity index (χ1) is 15.8. The quantitative estimate of drug-likeness (QED) is 0.269. The van der Waals surface area contributed by atoms with Gasteiger partial charge in [-0.05, 0) is 70.8 Å². The molecule has 0 N–H and O–H groups in total. The molecule has 4 aromatic rings. The van der Waals surface area contributed by atoms with Gasteiger partial charge in [-0.3, -0.25) is 0 Å². The first-order valence-corrected chi connectivity index (χ1v) is 12.1. The highest BCUT2D eigenvalue weighted by Crippen LogP contribution is 2.54. The lowest BCUT2D eigenvalue weighted by molar-refractivity contribution is 0.414. The summed E-state index contributed by atoms with van der Waals surface area (Å²) in [5.74, 6) is 1.73. The van der Waals surface area contributed by atoms with Crippen molar-refractivity contribution in [3.8, 4) is 11.5 Å². The molecule has 2 aliphatic rings. The van der Waals surface area contributed by atoms with Gasteiger partial charge in [-0.1, -0.05) is 59.9 Å². The number of methoxy groups -OCH3 is 2. The van der Waals surface area contributed by atoms with Crippen molar-refractivity contribution in [3.63, 3.8) is 0 Å².